The molecule has 5 heteroatoms. The molecule has 0 spiro atoms. The van der Waals surface area contributed by atoms with E-state index in [9.17, 15) is 4.79 Å². The van der Waals surface area contributed by atoms with E-state index in [-0.39, 0.29) is 0 Å². The van der Waals surface area contributed by atoms with Crippen LogP contribution in [0.25, 0.3) is 0 Å². The van der Waals surface area contributed by atoms with Crippen LogP contribution >= 0.6 is 23.2 Å². The Labute approximate surface area is 82.2 Å². The summed E-state index contributed by atoms with van der Waals surface area (Å²) in [5.41, 5.74) is 4.64. The van der Waals surface area contributed by atoms with Crippen LogP contribution in [0, 0.1) is 0 Å². The number of methoxy groups -OCH3 is 1. The summed E-state index contributed by atoms with van der Waals surface area (Å²) in [6, 6.07) is 0. The van der Waals surface area contributed by atoms with Gasteiger partial charge in [-0.25, -0.2) is 0 Å². The molecule has 0 amide bonds. The van der Waals surface area contributed by atoms with E-state index in [1.165, 1.54) is 7.11 Å². The van der Waals surface area contributed by atoms with Gasteiger partial charge in [-0.05, 0) is 19.8 Å². The lowest BCUT2D eigenvalue weighted by atomic mass is 9.98. The van der Waals surface area contributed by atoms with Gasteiger partial charge in [0.1, 0.15) is 10.4 Å². The Kier molecular flexibility index (Phi) is 4.90. The van der Waals surface area contributed by atoms with Crippen LogP contribution in [0.4, 0.5) is 0 Å². The lowest BCUT2D eigenvalue weighted by Gasteiger charge is -2.21. The fraction of sp³-hybridized carbons (Fsp3) is 0.857. The van der Waals surface area contributed by atoms with Crippen LogP contribution in [-0.2, 0) is 9.53 Å². The first-order valence-electron chi connectivity index (χ1n) is 3.55. The number of esters is 1. The summed E-state index contributed by atoms with van der Waals surface area (Å²) in [5, 5.41) is 0. The molecule has 0 aliphatic rings. The first-order valence-corrected chi connectivity index (χ1v) is 4.43. The number of carbonyl (C=O) groups excluding carboxylic acids is 1. The fourth-order valence-electron chi connectivity index (χ4n) is 0.744. The van der Waals surface area contributed by atoms with Crippen molar-refractivity contribution in [2.45, 2.75) is 30.1 Å². The fourth-order valence-corrected chi connectivity index (χ4v) is 0.962. The van der Waals surface area contributed by atoms with Gasteiger partial charge in [0.2, 0.25) is 0 Å². The van der Waals surface area contributed by atoms with Gasteiger partial charge in [0, 0.05) is 0 Å². The molecule has 0 radical (unpaired) electrons. The Hall–Kier alpha value is 0.01000. The molecular weight excluding hydrogens is 201 g/mol. The van der Waals surface area contributed by atoms with E-state index in [1.807, 2.05) is 0 Å². The molecule has 2 N–H and O–H groups in total. The van der Waals surface area contributed by atoms with E-state index in [1.54, 1.807) is 6.92 Å². The van der Waals surface area contributed by atoms with Crippen molar-refractivity contribution in [1.82, 2.24) is 0 Å². The summed E-state index contributed by atoms with van der Waals surface area (Å²) in [5.74, 6) is -0.448. The van der Waals surface area contributed by atoms with Gasteiger partial charge >= 0.3 is 5.97 Å². The number of rotatable bonds is 4. The molecule has 0 aromatic heterocycles. The van der Waals surface area contributed by atoms with Crippen molar-refractivity contribution in [1.29, 1.82) is 0 Å². The Morgan fingerprint density at radius 3 is 2.50 bits per heavy atom. The number of alkyl halides is 2. The van der Waals surface area contributed by atoms with Crippen LogP contribution in [0.2, 0.25) is 0 Å². The average molecular weight is 214 g/mol. The van der Waals surface area contributed by atoms with Gasteiger partial charge in [0.15, 0.2) is 0 Å². The molecule has 12 heavy (non-hydrogen) atoms. The Balaban J connectivity index is 3.95. The van der Waals surface area contributed by atoms with Crippen molar-refractivity contribution in [2.24, 2.45) is 5.73 Å². The molecule has 0 saturated carbocycles. The second-order valence-corrected chi connectivity index (χ2v) is 4.12. The molecule has 0 aliphatic heterocycles. The summed E-state index contributed by atoms with van der Waals surface area (Å²) in [6.07, 6.45) is 0.891. The van der Waals surface area contributed by atoms with Crippen molar-refractivity contribution in [3.63, 3.8) is 0 Å². The monoisotopic (exact) mass is 213 g/mol. The highest BCUT2D eigenvalue weighted by atomic mass is 35.5. The van der Waals surface area contributed by atoms with Crippen molar-refractivity contribution in [3.05, 3.63) is 0 Å². The minimum absolute atomic E-state index is 0.414. The van der Waals surface area contributed by atoms with Crippen LogP contribution in [0.15, 0.2) is 0 Å². The zero-order valence-corrected chi connectivity index (χ0v) is 8.65. The zero-order chi connectivity index (χ0) is 9.78. The van der Waals surface area contributed by atoms with Crippen LogP contribution in [0.3, 0.4) is 0 Å². The first kappa shape index (κ1) is 12.0. The first-order chi connectivity index (χ1) is 5.40. The molecule has 0 aromatic carbocycles. The van der Waals surface area contributed by atoms with E-state index < -0.39 is 16.3 Å². The van der Waals surface area contributed by atoms with E-state index >= 15 is 0 Å². The van der Waals surface area contributed by atoms with Crippen LogP contribution in [0.5, 0.6) is 0 Å². The maximum atomic E-state index is 11.0. The molecule has 0 aromatic rings. The topological polar surface area (TPSA) is 52.3 Å². The summed E-state index contributed by atoms with van der Waals surface area (Å²) in [4.78, 5) is 10.5. The molecule has 72 valence electrons. The van der Waals surface area contributed by atoms with E-state index in [0.29, 0.717) is 12.8 Å². The van der Waals surface area contributed by atoms with E-state index in [2.05, 4.69) is 4.74 Å². The van der Waals surface area contributed by atoms with Gasteiger partial charge in [-0.2, -0.15) is 0 Å². The molecule has 0 aliphatic carbocycles. The number of nitrogens with two attached hydrogens (primary N) is 1. The lowest BCUT2D eigenvalue weighted by molar-refractivity contribution is -0.146. The molecule has 0 saturated heterocycles. The largest absolute Gasteiger partial charge is 0.468 e. The van der Waals surface area contributed by atoms with Gasteiger partial charge in [-0.3, -0.25) is 4.79 Å². The predicted octanol–water partition coefficient (Wildman–Crippen LogP) is 1.46. The number of hydrogen-bond donors (Lipinski definition) is 1. The maximum Gasteiger partial charge on any atom is 0.325 e. The summed E-state index contributed by atoms with van der Waals surface area (Å²) < 4.78 is 4.50. The molecule has 0 bridgehead atoms. The van der Waals surface area contributed by atoms with Crippen molar-refractivity contribution >= 4 is 29.2 Å². The van der Waals surface area contributed by atoms with E-state index in [0.717, 1.165) is 0 Å². The third-order valence-electron chi connectivity index (χ3n) is 1.53. The molecule has 0 fully saturated rings. The third kappa shape index (κ3) is 4.14. The molecule has 1 atom stereocenters. The molecular formula is C7H13Cl2NO2. The standard InChI is InChI=1S/C7H13Cl2NO2/c1-7(10,6(11)12-2)4-3-5(8)9/h5H,3-4,10H2,1-2H3/t7-/m0/s1. The average Bonchev–Trinajstić information content (AvgIpc) is 1.99. The second-order valence-electron chi connectivity index (χ2n) is 2.84. The molecule has 0 heterocycles. The summed E-state index contributed by atoms with van der Waals surface area (Å²) in [6.45, 7) is 1.59. The quantitative estimate of drug-likeness (QED) is 0.569. The Morgan fingerprint density at radius 1 is 1.67 bits per heavy atom. The number of halogens is 2. The number of hydrogen-bond acceptors (Lipinski definition) is 3. The summed E-state index contributed by atoms with van der Waals surface area (Å²) in [7, 11) is 1.30. The van der Waals surface area contributed by atoms with Crippen molar-refractivity contribution in [2.75, 3.05) is 7.11 Å². The van der Waals surface area contributed by atoms with Gasteiger partial charge < -0.3 is 10.5 Å². The highest BCUT2D eigenvalue weighted by molar-refractivity contribution is 6.44. The third-order valence-corrected chi connectivity index (χ3v) is 1.97. The normalized spacial score (nSPS) is 15.8. The maximum absolute atomic E-state index is 11.0. The SMILES string of the molecule is COC(=O)[C@@](C)(N)CCC(Cl)Cl. The van der Waals surface area contributed by atoms with Crippen molar-refractivity contribution in [3.8, 4) is 0 Å². The molecule has 0 unspecified atom stereocenters. The summed E-state index contributed by atoms with van der Waals surface area (Å²) >= 11 is 11.0. The predicted molar refractivity (Wildman–Crippen MR) is 49.3 cm³/mol. The number of carbonyl (C=O) groups is 1. The Bertz CT molecular complexity index is 159. The van der Waals surface area contributed by atoms with Crippen LogP contribution in [0.1, 0.15) is 19.8 Å². The lowest BCUT2D eigenvalue weighted by Crippen LogP contribution is -2.45. The smallest absolute Gasteiger partial charge is 0.325 e. The van der Waals surface area contributed by atoms with Gasteiger partial charge in [-0.1, -0.05) is 0 Å². The van der Waals surface area contributed by atoms with Crippen molar-refractivity contribution < 1.29 is 9.53 Å². The van der Waals surface area contributed by atoms with Gasteiger partial charge in [-0.15, -0.1) is 23.2 Å². The highest BCUT2D eigenvalue weighted by Gasteiger charge is 2.29. The highest BCUT2D eigenvalue weighted by Crippen LogP contribution is 2.17. The minimum Gasteiger partial charge on any atom is -0.468 e. The zero-order valence-electron chi connectivity index (χ0n) is 7.14. The van der Waals surface area contributed by atoms with E-state index in [4.69, 9.17) is 28.9 Å². The molecule has 0 rings (SSSR count). The molecule has 3 nitrogen and oxygen atoms in total. The number of ether oxygens (including phenoxy) is 1. The minimum atomic E-state index is -0.989. The van der Waals surface area contributed by atoms with Crippen LogP contribution in [-0.4, -0.2) is 23.5 Å². The van der Waals surface area contributed by atoms with Crippen LogP contribution < -0.4 is 5.73 Å². The van der Waals surface area contributed by atoms with Gasteiger partial charge in [0.25, 0.3) is 0 Å². The second kappa shape index (κ2) is 4.90. The van der Waals surface area contributed by atoms with Gasteiger partial charge in [0.05, 0.1) is 7.11 Å². The Morgan fingerprint density at radius 2 is 2.17 bits per heavy atom.